The molecule has 0 saturated carbocycles. The number of ether oxygens (including phenoxy) is 2. The Morgan fingerprint density at radius 1 is 1.15 bits per heavy atom. The normalized spacial score (nSPS) is 15.3. The second-order valence-electron chi connectivity index (χ2n) is 5.92. The molecular weight excluding hydrogens is 364 g/mol. The summed E-state index contributed by atoms with van der Waals surface area (Å²) >= 11 is 1.27. The Kier molecular flexibility index (Phi) is 5.24. The highest BCUT2D eigenvalue weighted by molar-refractivity contribution is 7.99. The second-order valence-corrected chi connectivity index (χ2v) is 6.86. The molecule has 1 unspecified atom stereocenters. The first kappa shape index (κ1) is 17.4. The van der Waals surface area contributed by atoms with Gasteiger partial charge in [-0.15, -0.1) is 5.10 Å². The van der Waals surface area contributed by atoms with E-state index in [9.17, 15) is 4.79 Å². The van der Waals surface area contributed by atoms with Gasteiger partial charge in [0.15, 0.2) is 23.4 Å². The molecule has 2 N–H and O–H groups in total. The van der Waals surface area contributed by atoms with Crippen LogP contribution in [-0.2, 0) is 11.3 Å². The fraction of sp³-hybridized carbons (Fsp3) is 0.211. The average molecular weight is 382 g/mol. The number of rotatable bonds is 6. The van der Waals surface area contributed by atoms with E-state index >= 15 is 0 Å². The van der Waals surface area contributed by atoms with E-state index in [2.05, 4.69) is 20.5 Å². The van der Waals surface area contributed by atoms with Gasteiger partial charge in [-0.3, -0.25) is 9.89 Å². The number of benzene rings is 2. The number of nitrogens with one attached hydrogen (secondary N) is 2. The van der Waals surface area contributed by atoms with E-state index in [4.69, 9.17) is 9.47 Å². The summed E-state index contributed by atoms with van der Waals surface area (Å²) in [4.78, 5) is 16.4. The van der Waals surface area contributed by atoms with Gasteiger partial charge in [-0.05, 0) is 17.7 Å². The van der Waals surface area contributed by atoms with Crippen LogP contribution >= 0.6 is 11.8 Å². The lowest BCUT2D eigenvalue weighted by molar-refractivity contribution is -0.118. The summed E-state index contributed by atoms with van der Waals surface area (Å²) in [5.41, 5.74) is 1.06. The van der Waals surface area contributed by atoms with Crippen LogP contribution in [0.1, 0.15) is 17.5 Å². The van der Waals surface area contributed by atoms with Crippen molar-refractivity contribution in [1.29, 1.82) is 0 Å². The number of H-pyrrole nitrogens is 1. The molecule has 0 radical (unpaired) electrons. The van der Waals surface area contributed by atoms with E-state index in [1.54, 1.807) is 0 Å². The summed E-state index contributed by atoms with van der Waals surface area (Å²) in [6, 6.07) is 17.3. The second kappa shape index (κ2) is 8.13. The number of aromatic nitrogens is 3. The molecule has 2 aromatic carbocycles. The van der Waals surface area contributed by atoms with Crippen molar-refractivity contribution in [3.8, 4) is 11.5 Å². The fourth-order valence-electron chi connectivity index (χ4n) is 2.60. The van der Waals surface area contributed by atoms with Gasteiger partial charge in [0.25, 0.3) is 0 Å². The Hall–Kier alpha value is -3.00. The standard InChI is InChI=1S/C19H18N4O3S/c24-17(20-10-13-6-2-1-3-7-13)12-27-19-21-18(22-23-19)16-11-25-14-8-4-5-9-15(14)26-16/h1-9,16H,10-12H2,(H,20,24)(H,21,22,23). The molecule has 27 heavy (non-hydrogen) atoms. The maximum absolute atomic E-state index is 12.0. The Balaban J connectivity index is 1.28. The van der Waals surface area contributed by atoms with Gasteiger partial charge in [-0.2, -0.15) is 0 Å². The third-order valence-electron chi connectivity index (χ3n) is 3.96. The first-order valence-electron chi connectivity index (χ1n) is 8.52. The van der Waals surface area contributed by atoms with E-state index in [-0.39, 0.29) is 17.8 Å². The molecule has 0 spiro atoms. The molecule has 0 bridgehead atoms. The van der Waals surface area contributed by atoms with Crippen LogP contribution in [0.3, 0.4) is 0 Å². The average Bonchev–Trinajstić information content (AvgIpc) is 3.20. The van der Waals surface area contributed by atoms with Gasteiger partial charge in [0, 0.05) is 6.54 Å². The van der Waals surface area contributed by atoms with Crippen molar-refractivity contribution < 1.29 is 14.3 Å². The summed E-state index contributed by atoms with van der Waals surface area (Å²) in [6.45, 7) is 0.861. The predicted molar refractivity (Wildman–Crippen MR) is 101 cm³/mol. The van der Waals surface area contributed by atoms with Crippen LogP contribution < -0.4 is 14.8 Å². The van der Waals surface area contributed by atoms with Gasteiger partial charge in [0.2, 0.25) is 11.1 Å². The van der Waals surface area contributed by atoms with Crippen molar-refractivity contribution in [3.63, 3.8) is 0 Å². The van der Waals surface area contributed by atoms with E-state index in [0.717, 1.165) is 11.3 Å². The quantitative estimate of drug-likeness (QED) is 0.637. The topological polar surface area (TPSA) is 89.1 Å². The van der Waals surface area contributed by atoms with Gasteiger partial charge in [-0.1, -0.05) is 54.2 Å². The van der Waals surface area contributed by atoms with E-state index in [1.807, 2.05) is 54.6 Å². The number of amides is 1. The van der Waals surface area contributed by atoms with Crippen molar-refractivity contribution in [2.45, 2.75) is 17.8 Å². The van der Waals surface area contributed by atoms with E-state index in [0.29, 0.717) is 29.9 Å². The summed E-state index contributed by atoms with van der Waals surface area (Å²) in [6.07, 6.45) is -0.353. The van der Waals surface area contributed by atoms with E-state index in [1.165, 1.54) is 11.8 Å². The molecule has 1 amide bonds. The lowest BCUT2D eigenvalue weighted by atomic mass is 10.2. The first-order valence-corrected chi connectivity index (χ1v) is 9.51. The minimum atomic E-state index is -0.353. The molecule has 0 aliphatic carbocycles. The first-order chi connectivity index (χ1) is 13.3. The van der Waals surface area contributed by atoms with Gasteiger partial charge >= 0.3 is 0 Å². The highest BCUT2D eigenvalue weighted by atomic mass is 32.2. The van der Waals surface area contributed by atoms with Crippen molar-refractivity contribution in [2.24, 2.45) is 0 Å². The van der Waals surface area contributed by atoms with Crippen molar-refractivity contribution >= 4 is 17.7 Å². The molecule has 4 rings (SSSR count). The molecule has 0 saturated heterocycles. The zero-order chi connectivity index (χ0) is 18.5. The van der Waals surface area contributed by atoms with Crippen molar-refractivity contribution in [2.75, 3.05) is 12.4 Å². The summed E-state index contributed by atoms with van der Waals surface area (Å²) in [5, 5.41) is 10.4. The van der Waals surface area contributed by atoms with Crippen LogP contribution in [0.4, 0.5) is 0 Å². The molecular formula is C19H18N4O3S. The number of aromatic amines is 1. The number of thioether (sulfide) groups is 1. The smallest absolute Gasteiger partial charge is 0.230 e. The molecule has 1 aromatic heterocycles. The predicted octanol–water partition coefficient (Wildman–Crippen LogP) is 2.73. The highest BCUT2D eigenvalue weighted by Gasteiger charge is 2.25. The summed E-state index contributed by atoms with van der Waals surface area (Å²) in [5.74, 6) is 2.16. The molecule has 138 valence electrons. The third-order valence-corrected chi connectivity index (χ3v) is 4.81. The van der Waals surface area contributed by atoms with Crippen LogP contribution in [0.15, 0.2) is 59.8 Å². The minimum absolute atomic E-state index is 0.0682. The number of hydrogen-bond donors (Lipinski definition) is 2. The number of carbonyl (C=O) groups is 1. The number of hydrogen-bond acceptors (Lipinski definition) is 6. The zero-order valence-corrected chi connectivity index (χ0v) is 15.2. The largest absolute Gasteiger partial charge is 0.485 e. The maximum atomic E-state index is 12.0. The number of fused-ring (bicyclic) bond motifs is 1. The molecule has 7 nitrogen and oxygen atoms in total. The Morgan fingerprint density at radius 3 is 2.78 bits per heavy atom. The Bertz CT molecular complexity index is 916. The minimum Gasteiger partial charge on any atom is -0.485 e. The lowest BCUT2D eigenvalue weighted by Crippen LogP contribution is -2.24. The van der Waals surface area contributed by atoms with Crippen LogP contribution in [-0.4, -0.2) is 33.4 Å². The zero-order valence-electron chi connectivity index (χ0n) is 14.4. The van der Waals surface area contributed by atoms with E-state index < -0.39 is 0 Å². The number of nitrogens with zero attached hydrogens (tertiary/aromatic N) is 2. The fourth-order valence-corrected chi connectivity index (χ4v) is 3.23. The Morgan fingerprint density at radius 2 is 1.93 bits per heavy atom. The monoisotopic (exact) mass is 382 g/mol. The maximum Gasteiger partial charge on any atom is 0.230 e. The van der Waals surface area contributed by atoms with Crippen LogP contribution in [0.25, 0.3) is 0 Å². The number of carbonyl (C=O) groups excluding carboxylic acids is 1. The van der Waals surface area contributed by atoms with Gasteiger partial charge < -0.3 is 14.8 Å². The summed E-state index contributed by atoms with van der Waals surface area (Å²) in [7, 11) is 0. The molecule has 3 aromatic rings. The number of para-hydroxylation sites is 2. The van der Waals surface area contributed by atoms with Crippen molar-refractivity contribution in [1.82, 2.24) is 20.5 Å². The molecule has 2 heterocycles. The van der Waals surface area contributed by atoms with Gasteiger partial charge in [-0.25, -0.2) is 4.98 Å². The Labute approximate surface area is 160 Å². The SMILES string of the molecule is O=C(CSc1n[nH]c(C2COc3ccccc3O2)n1)NCc1ccccc1. The van der Waals surface area contributed by atoms with Crippen LogP contribution in [0.5, 0.6) is 11.5 Å². The van der Waals surface area contributed by atoms with Gasteiger partial charge in [0.1, 0.15) is 6.61 Å². The molecule has 1 aliphatic heterocycles. The van der Waals surface area contributed by atoms with Crippen molar-refractivity contribution in [3.05, 3.63) is 66.0 Å². The molecule has 1 aliphatic rings. The lowest BCUT2D eigenvalue weighted by Gasteiger charge is -2.24. The molecule has 1 atom stereocenters. The molecule has 0 fully saturated rings. The van der Waals surface area contributed by atoms with Crippen LogP contribution in [0, 0.1) is 0 Å². The molecule has 8 heteroatoms. The van der Waals surface area contributed by atoms with Crippen LogP contribution in [0.2, 0.25) is 0 Å². The summed E-state index contributed by atoms with van der Waals surface area (Å²) < 4.78 is 11.6. The van der Waals surface area contributed by atoms with Gasteiger partial charge in [0.05, 0.1) is 5.75 Å². The highest BCUT2D eigenvalue weighted by Crippen LogP contribution is 2.35. The third kappa shape index (κ3) is 4.40.